The van der Waals surface area contributed by atoms with Gasteiger partial charge in [-0.2, -0.15) is 0 Å². The highest BCUT2D eigenvalue weighted by molar-refractivity contribution is 6.34. The minimum atomic E-state index is -1.62. The van der Waals surface area contributed by atoms with Crippen LogP contribution in [0.4, 0.5) is 0 Å². The molecule has 4 N–H and O–H groups in total. The van der Waals surface area contributed by atoms with Gasteiger partial charge in [0.25, 0.3) is 0 Å². The van der Waals surface area contributed by atoms with Gasteiger partial charge in [-0.1, -0.05) is 0 Å². The van der Waals surface area contributed by atoms with Crippen molar-refractivity contribution in [2.45, 2.75) is 24.6 Å². The van der Waals surface area contributed by atoms with E-state index in [0.717, 1.165) is 0 Å². The second-order valence-corrected chi connectivity index (χ2v) is 4.79. The molecule has 0 aromatic rings. The third-order valence-electron chi connectivity index (χ3n) is 2.51. The molecule has 0 heterocycles. The molecule has 5 nitrogen and oxygen atoms in total. The lowest BCUT2D eigenvalue weighted by molar-refractivity contribution is -0.148. The van der Waals surface area contributed by atoms with Gasteiger partial charge in [-0.3, -0.25) is 9.59 Å². The van der Waals surface area contributed by atoms with Gasteiger partial charge in [0.15, 0.2) is 0 Å². The van der Waals surface area contributed by atoms with Gasteiger partial charge in [-0.15, -0.1) is 11.6 Å². The summed E-state index contributed by atoms with van der Waals surface area (Å²) >= 11 is 5.85. The molecule has 0 aromatic heterocycles. The fourth-order valence-corrected chi connectivity index (χ4v) is 2.20. The van der Waals surface area contributed by atoms with Gasteiger partial charge >= 0.3 is 11.9 Å². The zero-order valence-corrected chi connectivity index (χ0v) is 8.91. The van der Waals surface area contributed by atoms with Gasteiger partial charge in [0.2, 0.25) is 0 Å². The molecule has 0 amide bonds. The van der Waals surface area contributed by atoms with Crippen molar-refractivity contribution in [1.82, 2.24) is 0 Å². The van der Waals surface area contributed by atoms with E-state index in [1.54, 1.807) is 0 Å². The van der Waals surface area contributed by atoms with E-state index in [9.17, 15) is 9.59 Å². The number of hydrogen-bond acceptors (Lipinski definition) is 3. The molecule has 0 aromatic carbocycles. The number of carboxylic acids is 2. The summed E-state index contributed by atoms with van der Waals surface area (Å²) < 4.78 is 0. The van der Waals surface area contributed by atoms with Crippen molar-refractivity contribution in [2.75, 3.05) is 0 Å². The summed E-state index contributed by atoms with van der Waals surface area (Å²) in [5.74, 6) is -2.37. The quantitative estimate of drug-likeness (QED) is 0.612. The highest BCUT2D eigenvalue weighted by atomic mass is 35.5. The van der Waals surface area contributed by atoms with E-state index >= 15 is 0 Å². The molecule has 15 heavy (non-hydrogen) atoms. The topological polar surface area (TPSA) is 101 Å². The van der Waals surface area contributed by atoms with Crippen LogP contribution in [0, 0.1) is 5.41 Å². The van der Waals surface area contributed by atoms with Crippen LogP contribution in [0.25, 0.3) is 0 Å². The smallest absolute Gasteiger partial charge is 0.325 e. The van der Waals surface area contributed by atoms with E-state index in [2.05, 4.69) is 0 Å². The molecule has 0 aliphatic heterocycles. The van der Waals surface area contributed by atoms with Gasteiger partial charge in [-0.25, -0.2) is 0 Å². The second kappa shape index (κ2) is 3.41. The predicted octanol–water partition coefficient (Wildman–Crippen LogP) is 0.776. The molecule has 0 saturated heterocycles. The van der Waals surface area contributed by atoms with Crippen molar-refractivity contribution in [3.63, 3.8) is 0 Å². The Balaban J connectivity index is 3.14. The maximum Gasteiger partial charge on any atom is 0.325 e. The Morgan fingerprint density at radius 1 is 1.47 bits per heavy atom. The Bertz CT molecular complexity index is 354. The zero-order chi connectivity index (χ0) is 11.9. The highest BCUT2D eigenvalue weighted by Gasteiger charge is 2.49. The largest absolute Gasteiger partial charge is 0.481 e. The number of halogens is 1. The number of aliphatic carboxylic acids is 2. The van der Waals surface area contributed by atoms with Crippen LogP contribution in [0.2, 0.25) is 0 Å². The lowest BCUT2D eigenvalue weighted by atomic mass is 9.74. The first-order chi connectivity index (χ1) is 6.69. The normalized spacial score (nSPS) is 35.7. The average molecular weight is 234 g/mol. The number of hydrogen-bond donors (Lipinski definition) is 3. The van der Waals surface area contributed by atoms with Crippen LogP contribution in [0.1, 0.15) is 19.8 Å². The van der Waals surface area contributed by atoms with Crippen molar-refractivity contribution in [2.24, 2.45) is 11.1 Å². The van der Waals surface area contributed by atoms with Gasteiger partial charge in [0.05, 0.1) is 5.41 Å². The van der Waals surface area contributed by atoms with E-state index < -0.39 is 22.2 Å². The first kappa shape index (κ1) is 11.8. The number of alkyl halides is 1. The first-order valence-corrected chi connectivity index (χ1v) is 4.70. The Labute approximate surface area is 91.5 Å². The second-order valence-electron chi connectivity index (χ2n) is 4.07. The van der Waals surface area contributed by atoms with Crippen LogP contribution >= 0.6 is 11.6 Å². The Morgan fingerprint density at radius 2 is 2.00 bits per heavy atom. The molecule has 0 saturated carbocycles. The summed E-state index contributed by atoms with van der Waals surface area (Å²) in [5, 5.41) is 17.9. The number of rotatable bonds is 2. The number of allylic oxidation sites excluding steroid dienone is 1. The van der Waals surface area contributed by atoms with Crippen LogP contribution < -0.4 is 5.73 Å². The molecule has 1 aliphatic carbocycles. The number of carbonyl (C=O) groups is 2. The standard InChI is InChI=1S/C9H12ClNO4/c1-8(6(12)13)2-5(11)3-9(10,4-8)7(14)15/h2H,3-4,11H2,1H3,(H,12,13)(H,14,15). The van der Waals surface area contributed by atoms with Crippen molar-refractivity contribution in [1.29, 1.82) is 0 Å². The highest BCUT2D eigenvalue weighted by Crippen LogP contribution is 2.42. The predicted molar refractivity (Wildman–Crippen MR) is 53.5 cm³/mol. The molecular weight excluding hydrogens is 222 g/mol. The van der Waals surface area contributed by atoms with Crippen molar-refractivity contribution in [3.05, 3.63) is 11.8 Å². The Morgan fingerprint density at radius 3 is 2.40 bits per heavy atom. The molecule has 0 bridgehead atoms. The average Bonchev–Trinajstić information content (AvgIpc) is 2.00. The molecule has 1 aliphatic rings. The lowest BCUT2D eigenvalue weighted by Gasteiger charge is -2.35. The van der Waals surface area contributed by atoms with Crippen LogP contribution in [0.5, 0.6) is 0 Å². The minimum absolute atomic E-state index is 0.0350. The van der Waals surface area contributed by atoms with Gasteiger partial charge in [-0.05, 0) is 19.4 Å². The van der Waals surface area contributed by atoms with Gasteiger partial charge in [0.1, 0.15) is 4.87 Å². The van der Waals surface area contributed by atoms with E-state index in [-0.39, 0.29) is 18.5 Å². The summed E-state index contributed by atoms with van der Waals surface area (Å²) in [7, 11) is 0. The van der Waals surface area contributed by atoms with E-state index in [4.69, 9.17) is 27.5 Å². The van der Waals surface area contributed by atoms with Crippen molar-refractivity contribution < 1.29 is 19.8 Å². The fraction of sp³-hybridized carbons (Fsp3) is 0.556. The molecule has 6 heteroatoms. The maximum absolute atomic E-state index is 11.0. The molecule has 1 rings (SSSR count). The third kappa shape index (κ3) is 2.07. The van der Waals surface area contributed by atoms with E-state index in [1.807, 2.05) is 0 Å². The molecular formula is C9H12ClNO4. The molecule has 2 unspecified atom stereocenters. The Hall–Kier alpha value is -1.23. The van der Waals surface area contributed by atoms with Crippen LogP contribution in [0.3, 0.4) is 0 Å². The van der Waals surface area contributed by atoms with Crippen LogP contribution in [-0.2, 0) is 9.59 Å². The monoisotopic (exact) mass is 233 g/mol. The van der Waals surface area contributed by atoms with Crippen LogP contribution in [-0.4, -0.2) is 27.0 Å². The van der Waals surface area contributed by atoms with Crippen molar-refractivity contribution in [3.8, 4) is 0 Å². The molecule has 84 valence electrons. The minimum Gasteiger partial charge on any atom is -0.481 e. The first-order valence-electron chi connectivity index (χ1n) is 4.32. The van der Waals surface area contributed by atoms with Gasteiger partial charge in [0, 0.05) is 12.1 Å². The molecule has 0 spiro atoms. The van der Waals surface area contributed by atoms with Crippen LogP contribution in [0.15, 0.2) is 11.8 Å². The van der Waals surface area contributed by atoms with Gasteiger partial charge < -0.3 is 15.9 Å². The molecule has 2 atom stereocenters. The summed E-state index contributed by atoms with van der Waals surface area (Å²) in [6, 6.07) is 0. The molecule has 0 fully saturated rings. The Kier molecular flexibility index (Phi) is 2.69. The zero-order valence-electron chi connectivity index (χ0n) is 8.16. The fourth-order valence-electron chi connectivity index (χ4n) is 1.77. The van der Waals surface area contributed by atoms with E-state index in [1.165, 1.54) is 13.0 Å². The summed E-state index contributed by atoms with van der Waals surface area (Å²) in [6.45, 7) is 1.40. The third-order valence-corrected chi connectivity index (χ3v) is 2.94. The summed E-state index contributed by atoms with van der Waals surface area (Å²) in [4.78, 5) is 20.3. The number of nitrogens with two attached hydrogens (primary N) is 1. The van der Waals surface area contributed by atoms with Crippen molar-refractivity contribution >= 4 is 23.5 Å². The maximum atomic E-state index is 11.0. The SMILES string of the molecule is CC1(C(=O)O)C=C(N)CC(Cl)(C(=O)O)C1. The summed E-state index contributed by atoms with van der Waals surface area (Å²) in [5.41, 5.74) is 4.39. The number of carboxylic acid groups (broad SMARTS) is 2. The molecule has 0 radical (unpaired) electrons. The summed E-state index contributed by atoms with van der Waals surface area (Å²) in [6.07, 6.45) is 1.15. The lowest BCUT2D eigenvalue weighted by Crippen LogP contribution is -2.45. The van der Waals surface area contributed by atoms with E-state index in [0.29, 0.717) is 0 Å².